The second-order valence-corrected chi connectivity index (χ2v) is 4.00. The van der Waals surface area contributed by atoms with Crippen LogP contribution in [-0.2, 0) is 0 Å². The van der Waals surface area contributed by atoms with Crippen molar-refractivity contribution in [1.29, 1.82) is 0 Å². The number of urea groups is 1. The molecule has 0 aromatic heterocycles. The van der Waals surface area contributed by atoms with Crippen molar-refractivity contribution in [3.63, 3.8) is 0 Å². The molecular weight excluding hydrogens is 302 g/mol. The summed E-state index contributed by atoms with van der Waals surface area (Å²) in [7, 11) is 0. The van der Waals surface area contributed by atoms with Crippen molar-refractivity contribution in [2.75, 3.05) is 0 Å². The Morgan fingerprint density at radius 2 is 2.12 bits per heavy atom. The second-order valence-electron chi connectivity index (χ2n) is 2.70. The van der Waals surface area contributed by atoms with Gasteiger partial charge in [0.05, 0.1) is 0 Å². The van der Waals surface area contributed by atoms with E-state index in [9.17, 15) is 9.18 Å². The zero-order valence-corrected chi connectivity index (χ0v) is 10.1. The van der Waals surface area contributed by atoms with Crippen LogP contribution >= 0.6 is 27.5 Å². The third-order valence-corrected chi connectivity index (χ3v) is 2.29. The van der Waals surface area contributed by atoms with Gasteiger partial charge in [0, 0.05) is 9.50 Å². The molecule has 0 bridgehead atoms. The van der Waals surface area contributed by atoms with Crippen LogP contribution < -0.4 is 16.8 Å². The molecule has 0 spiro atoms. The predicted octanol–water partition coefficient (Wildman–Crippen LogP) is 1.86. The van der Waals surface area contributed by atoms with Crippen LogP contribution in [0.2, 0.25) is 5.02 Å². The van der Waals surface area contributed by atoms with Gasteiger partial charge in [-0.05, 0) is 28.1 Å². The van der Waals surface area contributed by atoms with Crippen LogP contribution in [0.15, 0.2) is 21.6 Å². The number of rotatable bonds is 1. The van der Waals surface area contributed by atoms with Crippen LogP contribution in [0.1, 0.15) is 0 Å². The Labute approximate surface area is 104 Å². The summed E-state index contributed by atoms with van der Waals surface area (Å²) in [5, 5.41) is 2.22. The molecule has 0 aliphatic carbocycles. The van der Waals surface area contributed by atoms with Gasteiger partial charge in [0.2, 0.25) is 5.96 Å². The van der Waals surface area contributed by atoms with Gasteiger partial charge in [0.25, 0.3) is 0 Å². The van der Waals surface area contributed by atoms with E-state index in [-0.39, 0.29) is 16.7 Å². The van der Waals surface area contributed by atoms with E-state index in [1.165, 1.54) is 6.07 Å². The number of primary amides is 1. The van der Waals surface area contributed by atoms with Gasteiger partial charge in [-0.25, -0.2) is 14.2 Å². The lowest BCUT2D eigenvalue weighted by Gasteiger charge is -2.04. The van der Waals surface area contributed by atoms with E-state index in [4.69, 9.17) is 23.1 Å². The SMILES string of the molecule is NC(=O)NC(N)=Nc1c(F)cc(Cl)cc1Br. The lowest BCUT2D eigenvalue weighted by atomic mass is 10.3. The first-order valence-corrected chi connectivity index (χ1v) is 5.12. The molecule has 5 N–H and O–H groups in total. The quantitative estimate of drug-likeness (QED) is 0.545. The zero-order chi connectivity index (χ0) is 12.3. The highest BCUT2D eigenvalue weighted by atomic mass is 79.9. The number of nitrogens with one attached hydrogen (secondary N) is 1. The third kappa shape index (κ3) is 3.35. The Bertz CT molecular complexity index is 442. The number of hydrogen-bond donors (Lipinski definition) is 3. The molecule has 0 saturated carbocycles. The van der Waals surface area contributed by atoms with E-state index < -0.39 is 11.8 Å². The molecule has 16 heavy (non-hydrogen) atoms. The van der Waals surface area contributed by atoms with Gasteiger partial charge in [-0.15, -0.1) is 0 Å². The van der Waals surface area contributed by atoms with Gasteiger partial charge in [-0.3, -0.25) is 5.32 Å². The summed E-state index contributed by atoms with van der Waals surface area (Å²) in [5.41, 5.74) is 10.0. The smallest absolute Gasteiger partial charge is 0.318 e. The molecule has 0 aliphatic heterocycles. The number of carbonyl (C=O) groups is 1. The van der Waals surface area contributed by atoms with Crippen LogP contribution in [0.5, 0.6) is 0 Å². The van der Waals surface area contributed by atoms with Crippen molar-refractivity contribution in [3.05, 3.63) is 27.4 Å². The standard InChI is InChI=1S/C8H7BrClFN4O/c9-4-1-3(10)2-5(11)6(4)14-7(12)15-8(13)16/h1-2H,(H5,12,13,14,15,16). The maximum atomic E-state index is 13.4. The molecule has 1 rings (SSSR count). The van der Waals surface area contributed by atoms with E-state index >= 15 is 0 Å². The number of nitrogens with two attached hydrogens (primary N) is 2. The van der Waals surface area contributed by atoms with Crippen LogP contribution in [0.25, 0.3) is 0 Å². The zero-order valence-electron chi connectivity index (χ0n) is 7.80. The molecule has 2 amide bonds. The predicted molar refractivity (Wildman–Crippen MR) is 63.1 cm³/mol. The van der Waals surface area contributed by atoms with Crippen LogP contribution in [0.3, 0.4) is 0 Å². The summed E-state index contributed by atoms with van der Waals surface area (Å²) >= 11 is 8.67. The van der Waals surface area contributed by atoms with Gasteiger partial charge in [0.1, 0.15) is 5.69 Å². The lowest BCUT2D eigenvalue weighted by Crippen LogP contribution is -2.40. The summed E-state index contributed by atoms with van der Waals surface area (Å²) in [4.78, 5) is 14.1. The topological polar surface area (TPSA) is 93.5 Å². The summed E-state index contributed by atoms with van der Waals surface area (Å²) in [6.07, 6.45) is 0. The van der Waals surface area contributed by atoms with Crippen molar-refractivity contribution in [2.24, 2.45) is 16.5 Å². The molecule has 0 atom stereocenters. The van der Waals surface area contributed by atoms with Crippen molar-refractivity contribution >= 4 is 45.2 Å². The minimum atomic E-state index is -0.883. The fraction of sp³-hybridized carbons (Fsp3) is 0. The third-order valence-electron chi connectivity index (χ3n) is 1.47. The number of benzene rings is 1. The Morgan fingerprint density at radius 1 is 1.50 bits per heavy atom. The fourth-order valence-electron chi connectivity index (χ4n) is 0.916. The maximum Gasteiger partial charge on any atom is 0.318 e. The average Bonchev–Trinajstić information content (AvgIpc) is 2.09. The highest BCUT2D eigenvalue weighted by Crippen LogP contribution is 2.31. The minimum absolute atomic E-state index is 0.0735. The normalized spacial score (nSPS) is 11.3. The van der Waals surface area contributed by atoms with E-state index in [1.807, 2.05) is 5.32 Å². The molecule has 5 nitrogen and oxygen atoms in total. The van der Waals surface area contributed by atoms with E-state index in [2.05, 4.69) is 20.9 Å². The molecular formula is C8H7BrClFN4O. The monoisotopic (exact) mass is 308 g/mol. The average molecular weight is 310 g/mol. The first-order valence-electron chi connectivity index (χ1n) is 3.95. The van der Waals surface area contributed by atoms with Gasteiger partial charge in [0.15, 0.2) is 5.82 Å². The highest BCUT2D eigenvalue weighted by molar-refractivity contribution is 9.10. The molecule has 86 valence electrons. The molecule has 8 heteroatoms. The van der Waals surface area contributed by atoms with Gasteiger partial charge >= 0.3 is 6.03 Å². The van der Waals surface area contributed by atoms with E-state index in [0.717, 1.165) is 6.07 Å². The van der Waals surface area contributed by atoms with Crippen molar-refractivity contribution in [1.82, 2.24) is 5.32 Å². The van der Waals surface area contributed by atoms with Gasteiger partial charge in [-0.2, -0.15) is 0 Å². The molecule has 1 aromatic carbocycles. The van der Waals surface area contributed by atoms with Crippen molar-refractivity contribution in [2.45, 2.75) is 0 Å². The lowest BCUT2D eigenvalue weighted by molar-refractivity contribution is 0.253. The number of hydrogen-bond acceptors (Lipinski definition) is 2. The number of amides is 2. The van der Waals surface area contributed by atoms with Crippen LogP contribution in [-0.4, -0.2) is 12.0 Å². The Hall–Kier alpha value is -1.34. The maximum absolute atomic E-state index is 13.4. The molecule has 0 radical (unpaired) electrons. The highest BCUT2D eigenvalue weighted by Gasteiger charge is 2.09. The number of carbonyl (C=O) groups excluding carboxylic acids is 1. The van der Waals surface area contributed by atoms with Crippen molar-refractivity contribution in [3.8, 4) is 0 Å². The molecule has 0 unspecified atom stereocenters. The number of guanidine groups is 1. The summed E-state index contributed by atoms with van der Waals surface area (Å²) in [5.74, 6) is -0.983. The van der Waals surface area contributed by atoms with Gasteiger partial charge < -0.3 is 11.5 Å². The number of aliphatic imine (C=N–C) groups is 1. The second kappa shape index (κ2) is 5.13. The Balaban J connectivity index is 3.10. The molecule has 0 saturated heterocycles. The summed E-state index contributed by atoms with van der Waals surface area (Å²) in [6.45, 7) is 0. The Morgan fingerprint density at radius 3 is 2.62 bits per heavy atom. The van der Waals surface area contributed by atoms with Crippen LogP contribution in [0.4, 0.5) is 14.9 Å². The number of halogens is 3. The summed E-state index contributed by atoms with van der Waals surface area (Å²) in [6, 6.07) is 1.63. The first kappa shape index (κ1) is 12.7. The molecule has 0 aliphatic rings. The molecule has 0 fully saturated rings. The number of nitrogens with zero attached hydrogens (tertiary/aromatic N) is 1. The van der Waals surface area contributed by atoms with E-state index in [1.54, 1.807) is 0 Å². The van der Waals surface area contributed by atoms with Crippen LogP contribution in [0, 0.1) is 5.82 Å². The largest absolute Gasteiger partial charge is 0.369 e. The van der Waals surface area contributed by atoms with Crippen molar-refractivity contribution < 1.29 is 9.18 Å². The molecule has 0 heterocycles. The molecule has 1 aromatic rings. The Kier molecular flexibility index (Phi) is 4.08. The van der Waals surface area contributed by atoms with E-state index in [0.29, 0.717) is 4.47 Å². The first-order chi connectivity index (χ1) is 7.40. The van der Waals surface area contributed by atoms with Gasteiger partial charge in [-0.1, -0.05) is 11.6 Å². The fourth-order valence-corrected chi connectivity index (χ4v) is 1.78. The summed E-state index contributed by atoms with van der Waals surface area (Å²) < 4.78 is 13.7. The minimum Gasteiger partial charge on any atom is -0.369 e.